The summed E-state index contributed by atoms with van der Waals surface area (Å²) in [6.07, 6.45) is 3.20. The van der Waals surface area contributed by atoms with Crippen molar-refractivity contribution < 1.29 is 18.5 Å². The lowest BCUT2D eigenvalue weighted by molar-refractivity contribution is -0.151. The Morgan fingerprint density at radius 1 is 1.50 bits per heavy atom. The highest BCUT2D eigenvalue weighted by Gasteiger charge is 2.25. The summed E-state index contributed by atoms with van der Waals surface area (Å²) in [7, 11) is 0.696. The van der Waals surface area contributed by atoms with Crippen LogP contribution in [-0.4, -0.2) is 65.7 Å². The van der Waals surface area contributed by atoms with Gasteiger partial charge in [0.1, 0.15) is 18.8 Å². The predicted octanol–water partition coefficient (Wildman–Crippen LogP) is 0.301. The van der Waals surface area contributed by atoms with Crippen LogP contribution in [0.5, 0.6) is 0 Å². The number of rotatable bonds is 8. The van der Waals surface area contributed by atoms with E-state index in [0.29, 0.717) is 6.54 Å². The Hall–Kier alpha value is -0.500. The zero-order chi connectivity index (χ0) is 15.1. The predicted molar refractivity (Wildman–Crippen MR) is 78.7 cm³/mol. The van der Waals surface area contributed by atoms with Gasteiger partial charge in [0, 0.05) is 12.8 Å². The van der Waals surface area contributed by atoms with Crippen LogP contribution in [0.4, 0.5) is 0 Å². The second-order valence-electron chi connectivity index (χ2n) is 5.32. The van der Waals surface area contributed by atoms with Crippen molar-refractivity contribution in [2.24, 2.45) is 0 Å². The lowest BCUT2D eigenvalue weighted by Gasteiger charge is -2.24. The molecule has 3 atom stereocenters. The molecule has 1 fully saturated rings. The number of hydrogen-bond acceptors (Lipinski definition) is 5. The van der Waals surface area contributed by atoms with E-state index in [1.807, 2.05) is 13.8 Å². The van der Waals surface area contributed by atoms with E-state index in [1.165, 1.54) is 0 Å². The van der Waals surface area contributed by atoms with Crippen LogP contribution >= 0.6 is 0 Å². The summed E-state index contributed by atoms with van der Waals surface area (Å²) >= 11 is 0. The SMILES string of the molecule is CC(C)O[C@H](COC(=O)[C@@H]1CCCN1)CN(C)S(C)=O. The molecule has 1 aliphatic rings. The highest BCUT2D eigenvalue weighted by Crippen LogP contribution is 2.08. The fourth-order valence-electron chi connectivity index (χ4n) is 2.07. The van der Waals surface area contributed by atoms with E-state index in [-0.39, 0.29) is 30.8 Å². The monoisotopic (exact) mass is 306 g/mol. The highest BCUT2D eigenvalue weighted by molar-refractivity contribution is 7.81. The summed E-state index contributed by atoms with van der Waals surface area (Å²) in [5, 5.41) is 3.11. The maximum atomic E-state index is 11.8. The molecule has 20 heavy (non-hydrogen) atoms. The minimum absolute atomic E-state index is 0.0296. The van der Waals surface area contributed by atoms with Gasteiger partial charge in [-0.2, -0.15) is 0 Å². The number of hydrogen-bond donors (Lipinski definition) is 1. The average molecular weight is 306 g/mol. The van der Waals surface area contributed by atoms with E-state index in [1.54, 1.807) is 17.6 Å². The number of carbonyl (C=O) groups is 1. The van der Waals surface area contributed by atoms with Crippen LogP contribution in [-0.2, 0) is 25.3 Å². The van der Waals surface area contributed by atoms with Gasteiger partial charge in [0.2, 0.25) is 0 Å². The largest absolute Gasteiger partial charge is 0.462 e. The number of esters is 1. The van der Waals surface area contributed by atoms with Crippen LogP contribution in [0.15, 0.2) is 0 Å². The molecule has 1 unspecified atom stereocenters. The first-order valence-corrected chi connectivity index (χ1v) is 8.51. The van der Waals surface area contributed by atoms with Gasteiger partial charge in [0.15, 0.2) is 0 Å². The normalized spacial score (nSPS) is 22.2. The molecule has 118 valence electrons. The van der Waals surface area contributed by atoms with Crippen molar-refractivity contribution in [3.63, 3.8) is 0 Å². The van der Waals surface area contributed by atoms with Crippen LogP contribution in [0.3, 0.4) is 0 Å². The van der Waals surface area contributed by atoms with Crippen molar-refractivity contribution in [2.75, 3.05) is 33.0 Å². The van der Waals surface area contributed by atoms with Gasteiger partial charge in [0.25, 0.3) is 0 Å². The summed E-state index contributed by atoms with van der Waals surface area (Å²) in [6.45, 7) is 5.37. The molecule has 0 radical (unpaired) electrons. The second kappa shape index (κ2) is 8.71. The molecule has 0 spiro atoms. The van der Waals surface area contributed by atoms with E-state index >= 15 is 0 Å². The highest BCUT2D eigenvalue weighted by atomic mass is 32.2. The van der Waals surface area contributed by atoms with Crippen LogP contribution in [0.2, 0.25) is 0 Å². The molecular weight excluding hydrogens is 280 g/mol. The van der Waals surface area contributed by atoms with E-state index < -0.39 is 11.0 Å². The molecule has 1 saturated heterocycles. The fraction of sp³-hybridized carbons (Fsp3) is 0.923. The molecule has 1 N–H and O–H groups in total. The van der Waals surface area contributed by atoms with Crippen molar-refractivity contribution in [3.05, 3.63) is 0 Å². The van der Waals surface area contributed by atoms with E-state index in [2.05, 4.69) is 5.32 Å². The maximum absolute atomic E-state index is 11.8. The molecular formula is C13H26N2O4S. The average Bonchev–Trinajstić information content (AvgIpc) is 2.88. The van der Waals surface area contributed by atoms with Crippen molar-refractivity contribution >= 4 is 17.0 Å². The van der Waals surface area contributed by atoms with Gasteiger partial charge >= 0.3 is 5.97 Å². The second-order valence-corrected chi connectivity index (χ2v) is 6.79. The molecule has 1 rings (SSSR count). The van der Waals surface area contributed by atoms with Gasteiger partial charge in [-0.3, -0.25) is 4.79 Å². The van der Waals surface area contributed by atoms with Crippen LogP contribution < -0.4 is 5.32 Å². The maximum Gasteiger partial charge on any atom is 0.323 e. The molecule has 0 aromatic carbocycles. The van der Waals surface area contributed by atoms with Gasteiger partial charge in [0.05, 0.1) is 17.1 Å². The van der Waals surface area contributed by atoms with Crippen LogP contribution in [0.25, 0.3) is 0 Å². The Labute approximate surface area is 123 Å². The minimum atomic E-state index is -1.06. The Bertz CT molecular complexity index is 332. The fourth-order valence-corrected chi connectivity index (χ4v) is 2.45. The third-order valence-corrected chi connectivity index (χ3v) is 4.15. The molecule has 0 bridgehead atoms. The topological polar surface area (TPSA) is 67.9 Å². The lowest BCUT2D eigenvalue weighted by atomic mass is 10.2. The van der Waals surface area contributed by atoms with E-state index in [4.69, 9.17) is 9.47 Å². The van der Waals surface area contributed by atoms with Gasteiger partial charge in [-0.25, -0.2) is 8.51 Å². The van der Waals surface area contributed by atoms with Gasteiger partial charge in [-0.15, -0.1) is 0 Å². The van der Waals surface area contributed by atoms with Crippen molar-refractivity contribution in [3.8, 4) is 0 Å². The third-order valence-electron chi connectivity index (χ3n) is 3.12. The molecule has 7 heteroatoms. The molecule has 0 aromatic rings. The van der Waals surface area contributed by atoms with Crippen LogP contribution in [0, 0.1) is 0 Å². The number of likely N-dealkylation sites (N-methyl/N-ethyl adjacent to an activating group) is 1. The smallest absolute Gasteiger partial charge is 0.323 e. The summed E-state index contributed by atoms with van der Waals surface area (Å²) < 4.78 is 24.1. The lowest BCUT2D eigenvalue weighted by Crippen LogP contribution is -2.39. The molecule has 1 aliphatic heterocycles. The van der Waals surface area contributed by atoms with E-state index in [9.17, 15) is 9.00 Å². The molecule has 6 nitrogen and oxygen atoms in total. The molecule has 0 aliphatic carbocycles. The Morgan fingerprint density at radius 2 is 2.20 bits per heavy atom. The Morgan fingerprint density at radius 3 is 2.70 bits per heavy atom. The molecule has 1 heterocycles. The minimum Gasteiger partial charge on any atom is -0.462 e. The summed E-state index contributed by atoms with van der Waals surface area (Å²) in [6, 6.07) is -0.187. The Balaban J connectivity index is 2.42. The number of nitrogens with one attached hydrogen (secondary N) is 1. The Kier molecular flexibility index (Phi) is 7.65. The van der Waals surface area contributed by atoms with Crippen molar-refractivity contribution in [1.82, 2.24) is 9.62 Å². The zero-order valence-electron chi connectivity index (χ0n) is 12.8. The van der Waals surface area contributed by atoms with E-state index in [0.717, 1.165) is 19.4 Å². The number of nitrogens with zero attached hydrogens (tertiary/aromatic N) is 1. The first-order valence-electron chi connectivity index (χ1n) is 7.00. The standard InChI is InChI=1S/C13H26N2O4S/c1-10(2)19-11(8-15(3)20(4)17)9-18-13(16)12-6-5-7-14-12/h10-12,14H,5-9H2,1-4H3/t11-,12-,20?/m0/s1. The van der Waals surface area contributed by atoms with Crippen LogP contribution in [0.1, 0.15) is 26.7 Å². The molecule has 0 aromatic heterocycles. The zero-order valence-corrected chi connectivity index (χ0v) is 13.6. The van der Waals surface area contributed by atoms with Gasteiger partial charge < -0.3 is 14.8 Å². The molecule has 0 amide bonds. The summed E-state index contributed by atoms with van der Waals surface area (Å²) in [5.74, 6) is -0.222. The first-order chi connectivity index (χ1) is 9.40. The summed E-state index contributed by atoms with van der Waals surface area (Å²) in [4.78, 5) is 11.8. The van der Waals surface area contributed by atoms with Gasteiger partial charge in [-0.05, 0) is 40.3 Å². The summed E-state index contributed by atoms with van der Waals surface area (Å²) in [5.41, 5.74) is 0. The first kappa shape index (κ1) is 17.6. The number of ether oxygens (including phenoxy) is 2. The third kappa shape index (κ3) is 6.30. The van der Waals surface area contributed by atoms with Gasteiger partial charge in [-0.1, -0.05) is 0 Å². The quantitative estimate of drug-likeness (QED) is 0.653. The molecule has 0 saturated carbocycles. The number of carbonyl (C=O) groups excluding carboxylic acids is 1. The van der Waals surface area contributed by atoms with Crippen molar-refractivity contribution in [2.45, 2.75) is 44.9 Å². The van der Waals surface area contributed by atoms with Crippen molar-refractivity contribution in [1.29, 1.82) is 0 Å².